The van der Waals surface area contributed by atoms with Crippen molar-refractivity contribution in [2.24, 2.45) is 0 Å². The van der Waals surface area contributed by atoms with Gasteiger partial charge in [-0.25, -0.2) is 4.79 Å². The zero-order chi connectivity index (χ0) is 17.1. The molecular weight excluding hydrogens is 297 g/mol. The summed E-state index contributed by atoms with van der Waals surface area (Å²) in [5.74, 6) is 0.737. The first-order valence-corrected chi connectivity index (χ1v) is 7.76. The second-order valence-electron chi connectivity index (χ2n) is 6.59. The summed E-state index contributed by atoms with van der Waals surface area (Å²) in [5, 5.41) is 10.8. The molecule has 0 aliphatic carbocycles. The van der Waals surface area contributed by atoms with E-state index in [0.717, 1.165) is 11.2 Å². The molecule has 2 N–H and O–H groups in total. The van der Waals surface area contributed by atoms with Gasteiger partial charge in [-0.2, -0.15) is 0 Å². The Hall–Kier alpha value is -1.73. The number of hydrogen-bond donors (Lipinski definition) is 2. The van der Waals surface area contributed by atoms with Crippen LogP contribution in [0.15, 0.2) is 24.3 Å². The van der Waals surface area contributed by atoms with Gasteiger partial charge in [-0.3, -0.25) is 0 Å². The summed E-state index contributed by atoms with van der Waals surface area (Å²) in [6, 6.07) is 7.58. The van der Waals surface area contributed by atoms with Crippen LogP contribution in [0.5, 0.6) is 5.75 Å². The van der Waals surface area contributed by atoms with Gasteiger partial charge in [0.05, 0.1) is 17.8 Å². The van der Waals surface area contributed by atoms with Crippen molar-refractivity contribution in [3.63, 3.8) is 0 Å². The first kappa shape index (κ1) is 17.6. The molecule has 0 saturated carbocycles. The van der Waals surface area contributed by atoms with Crippen LogP contribution in [0.25, 0.3) is 0 Å². The second kappa shape index (κ2) is 6.80. The topological polar surface area (TPSA) is 77.0 Å². The van der Waals surface area contributed by atoms with Crippen molar-refractivity contribution in [2.75, 3.05) is 13.2 Å². The Bertz CT molecular complexity index is 528. The van der Waals surface area contributed by atoms with Crippen molar-refractivity contribution in [1.82, 2.24) is 5.32 Å². The lowest BCUT2D eigenvalue weighted by atomic mass is 9.79. The van der Waals surface area contributed by atoms with E-state index in [2.05, 4.69) is 5.32 Å². The second-order valence-corrected chi connectivity index (χ2v) is 6.59. The van der Waals surface area contributed by atoms with Crippen LogP contribution < -0.4 is 15.5 Å². The maximum absolute atomic E-state index is 10.3. The molecule has 1 heterocycles. The number of carbonyl (C=O) groups is 1. The molecule has 1 aromatic rings. The molecule has 1 saturated heterocycles. The van der Waals surface area contributed by atoms with Crippen molar-refractivity contribution < 1.29 is 23.9 Å². The number of nitrogens with one attached hydrogen (secondary N) is 1. The van der Waals surface area contributed by atoms with Crippen molar-refractivity contribution >= 4 is 18.7 Å². The van der Waals surface area contributed by atoms with Crippen LogP contribution in [-0.4, -0.2) is 42.7 Å². The first-order chi connectivity index (χ1) is 10.7. The van der Waals surface area contributed by atoms with Gasteiger partial charge in [0.15, 0.2) is 0 Å². The van der Waals surface area contributed by atoms with E-state index < -0.39 is 6.09 Å². The lowest BCUT2D eigenvalue weighted by molar-refractivity contribution is 0.00578. The first-order valence-electron chi connectivity index (χ1n) is 7.76. The molecule has 0 atom stereocenters. The summed E-state index contributed by atoms with van der Waals surface area (Å²) in [5.41, 5.74) is 0.233. The summed E-state index contributed by atoms with van der Waals surface area (Å²) < 4.78 is 17.6. The number of rotatable bonds is 6. The van der Waals surface area contributed by atoms with E-state index in [9.17, 15) is 4.79 Å². The minimum absolute atomic E-state index is 0.357. The molecule has 7 heteroatoms. The molecule has 0 radical (unpaired) electrons. The molecule has 1 fully saturated rings. The fourth-order valence-corrected chi connectivity index (χ4v) is 2.16. The van der Waals surface area contributed by atoms with E-state index in [1.807, 2.05) is 52.0 Å². The Morgan fingerprint density at radius 1 is 1.17 bits per heavy atom. The maximum Gasteiger partial charge on any atom is 0.494 e. The Labute approximate surface area is 137 Å². The number of carboxylic acid groups (broad SMARTS) is 1. The molecule has 6 nitrogen and oxygen atoms in total. The van der Waals surface area contributed by atoms with Crippen LogP contribution in [-0.2, 0) is 9.31 Å². The van der Waals surface area contributed by atoms with Gasteiger partial charge in [0, 0.05) is 6.54 Å². The predicted molar refractivity (Wildman–Crippen MR) is 88.3 cm³/mol. The van der Waals surface area contributed by atoms with Gasteiger partial charge >= 0.3 is 13.2 Å². The molecule has 0 bridgehead atoms. The van der Waals surface area contributed by atoms with Gasteiger partial charge in [0.1, 0.15) is 5.75 Å². The third kappa shape index (κ3) is 4.39. The summed E-state index contributed by atoms with van der Waals surface area (Å²) in [4.78, 5) is 10.3. The van der Waals surface area contributed by atoms with Gasteiger partial charge in [0.25, 0.3) is 0 Å². The average Bonchev–Trinajstić information content (AvgIpc) is 2.67. The van der Waals surface area contributed by atoms with E-state index in [0.29, 0.717) is 19.6 Å². The zero-order valence-electron chi connectivity index (χ0n) is 14.1. The summed E-state index contributed by atoms with van der Waals surface area (Å²) in [6.07, 6.45) is -0.401. The highest BCUT2D eigenvalue weighted by molar-refractivity contribution is 6.62. The predicted octanol–water partition coefficient (Wildman–Crippen LogP) is 2.02. The molecule has 0 spiro atoms. The molecule has 126 valence electrons. The number of benzene rings is 1. The smallest absolute Gasteiger partial charge is 0.494 e. The van der Waals surface area contributed by atoms with Crippen molar-refractivity contribution in [2.45, 2.75) is 45.3 Å². The summed E-state index contributed by atoms with van der Waals surface area (Å²) in [6.45, 7) is 8.92. The largest absolute Gasteiger partial charge is 0.494 e. The van der Waals surface area contributed by atoms with Gasteiger partial charge in [0.2, 0.25) is 0 Å². The van der Waals surface area contributed by atoms with E-state index in [4.69, 9.17) is 19.2 Å². The molecule has 2 rings (SSSR count). The van der Waals surface area contributed by atoms with Crippen LogP contribution in [0.1, 0.15) is 34.1 Å². The van der Waals surface area contributed by atoms with Crippen LogP contribution in [0.2, 0.25) is 0 Å². The lowest BCUT2D eigenvalue weighted by Gasteiger charge is -2.32. The molecule has 0 aromatic heterocycles. The molecule has 1 amide bonds. The normalized spacial score (nSPS) is 18.7. The lowest BCUT2D eigenvalue weighted by Crippen LogP contribution is -2.41. The minimum atomic E-state index is -1.02. The average molecular weight is 321 g/mol. The van der Waals surface area contributed by atoms with E-state index in [1.54, 1.807) is 0 Å². The number of ether oxygens (including phenoxy) is 1. The molecule has 0 unspecified atom stereocenters. The van der Waals surface area contributed by atoms with Crippen LogP contribution >= 0.6 is 0 Å². The number of hydrogen-bond acceptors (Lipinski definition) is 4. The van der Waals surface area contributed by atoms with Crippen molar-refractivity contribution in [3.05, 3.63) is 24.3 Å². The molecular formula is C16H24BNO5. The monoisotopic (exact) mass is 321 g/mol. The van der Waals surface area contributed by atoms with E-state index in [-0.39, 0.29) is 18.3 Å². The third-order valence-electron chi connectivity index (χ3n) is 4.27. The van der Waals surface area contributed by atoms with Crippen molar-refractivity contribution in [3.8, 4) is 5.75 Å². The summed E-state index contributed by atoms with van der Waals surface area (Å²) >= 11 is 0. The quantitative estimate of drug-likeness (QED) is 0.619. The molecule has 1 aliphatic rings. The van der Waals surface area contributed by atoms with Crippen molar-refractivity contribution in [1.29, 1.82) is 0 Å². The Morgan fingerprint density at radius 3 is 2.26 bits per heavy atom. The van der Waals surface area contributed by atoms with E-state index in [1.165, 1.54) is 0 Å². The van der Waals surface area contributed by atoms with Gasteiger partial charge in [-0.15, -0.1) is 0 Å². The Morgan fingerprint density at radius 2 is 1.74 bits per heavy atom. The Kier molecular flexibility index (Phi) is 5.21. The zero-order valence-corrected chi connectivity index (χ0v) is 14.1. The highest BCUT2D eigenvalue weighted by atomic mass is 16.7. The highest BCUT2D eigenvalue weighted by Gasteiger charge is 2.51. The highest BCUT2D eigenvalue weighted by Crippen LogP contribution is 2.36. The maximum atomic E-state index is 10.3. The van der Waals surface area contributed by atoms with Gasteiger partial charge in [-0.1, -0.05) is 12.1 Å². The van der Waals surface area contributed by atoms with Gasteiger partial charge < -0.3 is 24.5 Å². The number of amides is 1. The molecule has 23 heavy (non-hydrogen) atoms. The van der Waals surface area contributed by atoms with Gasteiger partial charge in [-0.05, 0) is 51.7 Å². The Balaban J connectivity index is 1.85. The van der Waals surface area contributed by atoms with Crippen LogP contribution in [0, 0.1) is 0 Å². The summed E-state index contributed by atoms with van der Waals surface area (Å²) in [7, 11) is -0.381. The third-order valence-corrected chi connectivity index (χ3v) is 4.27. The molecule has 1 aromatic carbocycles. The fourth-order valence-electron chi connectivity index (χ4n) is 2.16. The standard InChI is InChI=1S/C16H24BNO5/c1-15(2)16(3,4)23-17(22-15)12-6-8-13(9-7-12)21-11-5-10-18-14(19)20/h6-9,18H,5,10-11H2,1-4H3,(H,19,20). The minimum Gasteiger partial charge on any atom is -0.494 e. The fraction of sp³-hybridized carbons (Fsp3) is 0.562. The SMILES string of the molecule is CC1(C)OB(c2ccc(OCCCNC(=O)O)cc2)OC1(C)C. The van der Waals surface area contributed by atoms with Crippen LogP contribution in [0.4, 0.5) is 4.79 Å². The van der Waals surface area contributed by atoms with E-state index >= 15 is 0 Å². The van der Waals surface area contributed by atoms with Crippen LogP contribution in [0.3, 0.4) is 0 Å². The molecule has 1 aliphatic heterocycles.